The van der Waals surface area contributed by atoms with E-state index in [0.717, 1.165) is 15.7 Å². The van der Waals surface area contributed by atoms with Crippen LogP contribution in [-0.4, -0.2) is 48.4 Å². The van der Waals surface area contributed by atoms with Gasteiger partial charge in [-0.05, 0) is 17.7 Å². The predicted molar refractivity (Wildman–Crippen MR) is 97.6 cm³/mol. The third kappa shape index (κ3) is 3.99. The average molecular weight is 404 g/mol. The molecule has 2 amide bonds. The van der Waals surface area contributed by atoms with Crippen molar-refractivity contribution < 1.29 is 14.3 Å². The fourth-order valence-corrected chi connectivity index (χ4v) is 3.18. The SMILES string of the molecule is COc1cc(N2CCN(C(=O)Cc3ccccc3Br)CC2=O)ccn1. The molecule has 1 aliphatic heterocycles. The molecule has 25 heavy (non-hydrogen) atoms. The number of aromatic nitrogens is 1. The Bertz CT molecular complexity index is 797. The number of halogens is 1. The zero-order valence-corrected chi connectivity index (χ0v) is 15.4. The molecule has 0 unspecified atom stereocenters. The van der Waals surface area contributed by atoms with Crippen molar-refractivity contribution >= 4 is 33.4 Å². The summed E-state index contributed by atoms with van der Waals surface area (Å²) in [7, 11) is 1.53. The van der Waals surface area contributed by atoms with Crippen LogP contribution >= 0.6 is 15.9 Å². The fourth-order valence-electron chi connectivity index (χ4n) is 2.75. The van der Waals surface area contributed by atoms with Crippen molar-refractivity contribution in [3.8, 4) is 5.88 Å². The minimum atomic E-state index is -0.111. The second-order valence-electron chi connectivity index (χ2n) is 5.69. The number of benzene rings is 1. The summed E-state index contributed by atoms with van der Waals surface area (Å²) in [6, 6.07) is 11.1. The van der Waals surface area contributed by atoms with E-state index in [1.54, 1.807) is 28.1 Å². The molecule has 7 heteroatoms. The van der Waals surface area contributed by atoms with E-state index in [2.05, 4.69) is 20.9 Å². The highest BCUT2D eigenvalue weighted by Crippen LogP contribution is 2.22. The van der Waals surface area contributed by atoms with Crippen molar-refractivity contribution in [1.29, 1.82) is 0 Å². The zero-order chi connectivity index (χ0) is 17.8. The maximum absolute atomic E-state index is 12.5. The van der Waals surface area contributed by atoms with Crippen LogP contribution in [0.5, 0.6) is 5.88 Å². The van der Waals surface area contributed by atoms with Crippen molar-refractivity contribution in [2.45, 2.75) is 6.42 Å². The lowest BCUT2D eigenvalue weighted by atomic mass is 10.1. The first-order valence-corrected chi connectivity index (χ1v) is 8.69. The molecule has 2 aromatic rings. The Kier molecular flexibility index (Phi) is 5.33. The van der Waals surface area contributed by atoms with Crippen LogP contribution in [0.15, 0.2) is 47.1 Å². The number of piperazine rings is 1. The fraction of sp³-hybridized carbons (Fsp3) is 0.278. The van der Waals surface area contributed by atoms with Gasteiger partial charge in [0.05, 0.1) is 19.2 Å². The van der Waals surface area contributed by atoms with Crippen molar-refractivity contribution in [2.75, 3.05) is 31.6 Å². The summed E-state index contributed by atoms with van der Waals surface area (Å²) >= 11 is 3.45. The molecule has 0 bridgehead atoms. The van der Waals surface area contributed by atoms with Gasteiger partial charge in [0.15, 0.2) is 0 Å². The lowest BCUT2D eigenvalue weighted by Gasteiger charge is -2.34. The molecule has 1 aliphatic rings. The first-order valence-electron chi connectivity index (χ1n) is 7.90. The first kappa shape index (κ1) is 17.4. The second kappa shape index (κ2) is 7.65. The van der Waals surface area contributed by atoms with Crippen LogP contribution in [0, 0.1) is 0 Å². The molecule has 0 atom stereocenters. The number of ether oxygens (including phenoxy) is 1. The lowest BCUT2D eigenvalue weighted by Crippen LogP contribution is -2.52. The first-order chi connectivity index (χ1) is 12.1. The topological polar surface area (TPSA) is 62.7 Å². The van der Waals surface area contributed by atoms with Gasteiger partial charge >= 0.3 is 0 Å². The number of anilines is 1. The van der Waals surface area contributed by atoms with Gasteiger partial charge in [0.2, 0.25) is 17.7 Å². The summed E-state index contributed by atoms with van der Waals surface area (Å²) in [5.74, 6) is 0.296. The Morgan fingerprint density at radius 2 is 2.08 bits per heavy atom. The smallest absolute Gasteiger partial charge is 0.246 e. The molecular weight excluding hydrogens is 386 g/mol. The van der Waals surface area contributed by atoms with Crippen LogP contribution < -0.4 is 9.64 Å². The number of hydrogen-bond donors (Lipinski definition) is 0. The summed E-state index contributed by atoms with van der Waals surface area (Å²) < 4.78 is 6.00. The van der Waals surface area contributed by atoms with Gasteiger partial charge in [-0.3, -0.25) is 9.59 Å². The van der Waals surface area contributed by atoms with E-state index in [9.17, 15) is 9.59 Å². The number of carbonyl (C=O) groups excluding carboxylic acids is 2. The largest absolute Gasteiger partial charge is 0.481 e. The van der Waals surface area contributed by atoms with Crippen LogP contribution in [0.4, 0.5) is 5.69 Å². The van der Waals surface area contributed by atoms with Crippen LogP contribution in [0.2, 0.25) is 0 Å². The quantitative estimate of drug-likeness (QED) is 0.785. The number of carbonyl (C=O) groups is 2. The lowest BCUT2D eigenvalue weighted by molar-refractivity contribution is -0.136. The number of nitrogens with zero attached hydrogens (tertiary/aromatic N) is 3. The standard InChI is InChI=1S/C18H18BrN3O3/c1-25-16-11-14(6-7-20-16)22-9-8-21(12-18(22)24)17(23)10-13-4-2-3-5-15(13)19/h2-7,11H,8-10,12H2,1H3. The molecule has 1 aromatic heterocycles. The molecule has 1 saturated heterocycles. The highest BCUT2D eigenvalue weighted by molar-refractivity contribution is 9.10. The molecule has 0 radical (unpaired) electrons. The third-order valence-electron chi connectivity index (χ3n) is 4.11. The van der Waals surface area contributed by atoms with E-state index in [4.69, 9.17) is 4.74 Å². The van der Waals surface area contributed by atoms with Crippen LogP contribution in [0.1, 0.15) is 5.56 Å². The molecule has 0 spiro atoms. The van der Waals surface area contributed by atoms with Gasteiger partial charge in [-0.25, -0.2) is 4.98 Å². The van der Waals surface area contributed by atoms with E-state index in [1.165, 1.54) is 7.11 Å². The maximum atomic E-state index is 12.5. The summed E-state index contributed by atoms with van der Waals surface area (Å²) in [5, 5.41) is 0. The maximum Gasteiger partial charge on any atom is 0.246 e. The minimum Gasteiger partial charge on any atom is -0.481 e. The monoisotopic (exact) mass is 403 g/mol. The van der Waals surface area contributed by atoms with Crippen LogP contribution in [0.3, 0.4) is 0 Å². The Morgan fingerprint density at radius 3 is 2.80 bits per heavy atom. The zero-order valence-electron chi connectivity index (χ0n) is 13.8. The highest BCUT2D eigenvalue weighted by Gasteiger charge is 2.28. The van der Waals surface area contributed by atoms with Crippen molar-refractivity contribution in [1.82, 2.24) is 9.88 Å². The molecule has 1 fully saturated rings. The minimum absolute atomic E-state index is 0.0489. The Morgan fingerprint density at radius 1 is 1.28 bits per heavy atom. The second-order valence-corrected chi connectivity index (χ2v) is 6.54. The molecule has 3 rings (SSSR count). The molecule has 130 valence electrons. The summed E-state index contributed by atoms with van der Waals surface area (Å²) in [6.45, 7) is 1.03. The highest BCUT2D eigenvalue weighted by atomic mass is 79.9. The van der Waals surface area contributed by atoms with Crippen molar-refractivity contribution in [2.24, 2.45) is 0 Å². The van der Waals surface area contributed by atoms with Crippen LogP contribution in [-0.2, 0) is 16.0 Å². The molecule has 0 saturated carbocycles. The molecule has 6 nitrogen and oxygen atoms in total. The Balaban J connectivity index is 1.66. The van der Waals surface area contributed by atoms with E-state index in [0.29, 0.717) is 19.0 Å². The molecule has 0 aliphatic carbocycles. The van der Waals surface area contributed by atoms with Crippen LogP contribution in [0.25, 0.3) is 0 Å². The van der Waals surface area contributed by atoms with E-state index < -0.39 is 0 Å². The number of rotatable bonds is 4. The van der Waals surface area contributed by atoms with Gasteiger partial charge < -0.3 is 14.5 Å². The van der Waals surface area contributed by atoms with E-state index in [1.807, 2.05) is 24.3 Å². The summed E-state index contributed by atoms with van der Waals surface area (Å²) in [5.41, 5.74) is 1.65. The number of amides is 2. The van der Waals surface area contributed by atoms with Gasteiger partial charge in [0.25, 0.3) is 0 Å². The van der Waals surface area contributed by atoms with Gasteiger partial charge in [0, 0.05) is 29.8 Å². The Labute approximate surface area is 154 Å². The molecular formula is C18H18BrN3O3. The van der Waals surface area contributed by atoms with Crippen molar-refractivity contribution in [3.63, 3.8) is 0 Å². The van der Waals surface area contributed by atoms with Gasteiger partial charge in [0.1, 0.15) is 6.54 Å². The summed E-state index contributed by atoms with van der Waals surface area (Å²) in [6.07, 6.45) is 1.88. The van der Waals surface area contributed by atoms with Crippen molar-refractivity contribution in [3.05, 3.63) is 52.6 Å². The van der Waals surface area contributed by atoms with Gasteiger partial charge in [-0.15, -0.1) is 0 Å². The number of methoxy groups -OCH3 is 1. The molecule has 2 heterocycles. The molecule has 0 N–H and O–H groups in total. The normalized spacial score (nSPS) is 14.6. The third-order valence-corrected chi connectivity index (χ3v) is 4.89. The predicted octanol–water partition coefficient (Wildman–Crippen LogP) is 2.27. The Hall–Kier alpha value is -2.41. The van der Waals surface area contributed by atoms with E-state index >= 15 is 0 Å². The van der Waals surface area contributed by atoms with E-state index in [-0.39, 0.29) is 24.8 Å². The number of hydrogen-bond acceptors (Lipinski definition) is 4. The van der Waals surface area contributed by atoms with Gasteiger partial charge in [-0.1, -0.05) is 34.1 Å². The molecule has 1 aromatic carbocycles. The summed E-state index contributed by atoms with van der Waals surface area (Å²) in [4.78, 5) is 32.3. The van der Waals surface area contributed by atoms with Gasteiger partial charge in [-0.2, -0.15) is 0 Å². The number of pyridine rings is 1. The average Bonchev–Trinajstić information content (AvgIpc) is 2.63.